The number of hydrogen-bond donors (Lipinski definition) is 4. The SMILES string of the molecule is C[C@@H](c1ccccc1)N(C)C[C@H]1C[C@@H](c2ccc(CO)cc2)O[C@@H](c2ccc(NC(=O)CCCC(=O)NO)cc2)O1. The molecule has 0 saturated carbocycles. The minimum absolute atomic E-state index is 0.0107. The quantitative estimate of drug-likeness (QED) is 0.181. The summed E-state index contributed by atoms with van der Waals surface area (Å²) in [6.45, 7) is 2.89. The summed E-state index contributed by atoms with van der Waals surface area (Å²) >= 11 is 0. The Labute approximate surface area is 241 Å². The Morgan fingerprint density at radius 3 is 2.24 bits per heavy atom. The van der Waals surface area contributed by atoms with E-state index in [9.17, 15) is 14.7 Å². The summed E-state index contributed by atoms with van der Waals surface area (Å²) in [5.41, 5.74) is 6.14. The molecule has 0 aliphatic carbocycles. The number of nitrogens with one attached hydrogen (secondary N) is 2. The number of amides is 2. The van der Waals surface area contributed by atoms with Crippen molar-refractivity contribution in [3.63, 3.8) is 0 Å². The first kappa shape index (κ1) is 30.4. The number of carbonyl (C=O) groups is 2. The summed E-state index contributed by atoms with van der Waals surface area (Å²) in [6.07, 6.45) is 0.368. The zero-order valence-electron chi connectivity index (χ0n) is 23.5. The van der Waals surface area contributed by atoms with Crippen LogP contribution in [0.2, 0.25) is 0 Å². The summed E-state index contributed by atoms with van der Waals surface area (Å²) < 4.78 is 12.9. The first-order chi connectivity index (χ1) is 19.9. The zero-order chi connectivity index (χ0) is 29.2. The molecule has 9 heteroatoms. The van der Waals surface area contributed by atoms with Gasteiger partial charge in [-0.1, -0.05) is 66.7 Å². The average molecular weight is 562 g/mol. The maximum atomic E-state index is 12.2. The maximum absolute atomic E-state index is 12.2. The molecule has 0 bridgehead atoms. The van der Waals surface area contributed by atoms with Crippen LogP contribution in [0.3, 0.4) is 0 Å². The predicted molar refractivity (Wildman–Crippen MR) is 155 cm³/mol. The topological polar surface area (TPSA) is 120 Å². The molecule has 3 aromatic carbocycles. The summed E-state index contributed by atoms with van der Waals surface area (Å²) in [6, 6.07) is 25.8. The van der Waals surface area contributed by atoms with Gasteiger partial charge in [0.1, 0.15) is 0 Å². The molecule has 1 saturated heterocycles. The van der Waals surface area contributed by atoms with Crippen molar-refractivity contribution in [1.82, 2.24) is 10.4 Å². The number of aliphatic hydroxyl groups excluding tert-OH is 1. The smallest absolute Gasteiger partial charge is 0.243 e. The van der Waals surface area contributed by atoms with Gasteiger partial charge in [-0.05, 0) is 49.2 Å². The molecule has 3 aromatic rings. The first-order valence-electron chi connectivity index (χ1n) is 13.9. The van der Waals surface area contributed by atoms with Gasteiger partial charge in [0.05, 0.1) is 18.8 Å². The third-order valence-corrected chi connectivity index (χ3v) is 7.45. The maximum Gasteiger partial charge on any atom is 0.243 e. The number of hydroxylamine groups is 1. The second-order valence-corrected chi connectivity index (χ2v) is 10.4. The molecule has 4 atom stereocenters. The number of ether oxygens (including phenoxy) is 2. The van der Waals surface area contributed by atoms with Gasteiger partial charge < -0.3 is 19.9 Å². The summed E-state index contributed by atoms with van der Waals surface area (Å²) in [4.78, 5) is 25.7. The normalized spacial score (nSPS) is 19.5. The number of likely N-dealkylation sites (N-methyl/N-ethyl adjacent to an activating group) is 1. The number of benzene rings is 3. The van der Waals surface area contributed by atoms with Crippen molar-refractivity contribution in [2.45, 2.75) is 63.8 Å². The Kier molecular flexibility index (Phi) is 11.0. The molecule has 1 aliphatic rings. The van der Waals surface area contributed by atoms with Crippen molar-refractivity contribution in [3.05, 3.63) is 101 Å². The van der Waals surface area contributed by atoms with Crippen molar-refractivity contribution in [3.8, 4) is 0 Å². The molecule has 41 heavy (non-hydrogen) atoms. The van der Waals surface area contributed by atoms with Crippen LogP contribution < -0.4 is 10.8 Å². The fourth-order valence-electron chi connectivity index (χ4n) is 4.91. The second-order valence-electron chi connectivity index (χ2n) is 10.4. The minimum Gasteiger partial charge on any atom is -0.392 e. The fraction of sp³-hybridized carbons (Fsp3) is 0.375. The van der Waals surface area contributed by atoms with Crippen LogP contribution in [0.4, 0.5) is 5.69 Å². The zero-order valence-corrected chi connectivity index (χ0v) is 23.5. The molecule has 0 unspecified atom stereocenters. The van der Waals surface area contributed by atoms with Crippen LogP contribution in [0.15, 0.2) is 78.9 Å². The van der Waals surface area contributed by atoms with E-state index in [0.29, 0.717) is 25.1 Å². The molecule has 218 valence electrons. The average Bonchev–Trinajstić information content (AvgIpc) is 3.01. The second kappa shape index (κ2) is 14.9. The van der Waals surface area contributed by atoms with E-state index in [2.05, 4.69) is 48.5 Å². The molecule has 1 aliphatic heterocycles. The van der Waals surface area contributed by atoms with E-state index in [4.69, 9.17) is 14.7 Å². The number of carbonyl (C=O) groups excluding carboxylic acids is 2. The monoisotopic (exact) mass is 561 g/mol. The highest BCUT2D eigenvalue weighted by atomic mass is 16.7. The lowest BCUT2D eigenvalue weighted by Crippen LogP contribution is -2.38. The van der Waals surface area contributed by atoms with Crippen LogP contribution in [0.1, 0.15) is 73.3 Å². The molecule has 0 radical (unpaired) electrons. The van der Waals surface area contributed by atoms with E-state index in [1.807, 2.05) is 42.5 Å². The summed E-state index contributed by atoms with van der Waals surface area (Å²) in [5, 5.41) is 20.9. The van der Waals surface area contributed by atoms with E-state index >= 15 is 0 Å². The van der Waals surface area contributed by atoms with E-state index in [1.165, 1.54) is 5.56 Å². The van der Waals surface area contributed by atoms with Gasteiger partial charge in [0.2, 0.25) is 11.8 Å². The highest BCUT2D eigenvalue weighted by Crippen LogP contribution is 2.39. The van der Waals surface area contributed by atoms with Gasteiger partial charge in [-0.15, -0.1) is 0 Å². The van der Waals surface area contributed by atoms with Gasteiger partial charge in [-0.25, -0.2) is 5.48 Å². The largest absolute Gasteiger partial charge is 0.392 e. The summed E-state index contributed by atoms with van der Waals surface area (Å²) in [7, 11) is 2.10. The van der Waals surface area contributed by atoms with Crippen LogP contribution in [0.5, 0.6) is 0 Å². The Bertz CT molecular complexity index is 1250. The number of hydrogen-bond acceptors (Lipinski definition) is 7. The van der Waals surface area contributed by atoms with Gasteiger partial charge in [0.15, 0.2) is 6.29 Å². The first-order valence-corrected chi connectivity index (χ1v) is 13.9. The van der Waals surface area contributed by atoms with E-state index < -0.39 is 12.2 Å². The van der Waals surface area contributed by atoms with Crippen LogP contribution in [-0.2, 0) is 25.7 Å². The van der Waals surface area contributed by atoms with Crippen molar-refractivity contribution >= 4 is 17.5 Å². The van der Waals surface area contributed by atoms with E-state index in [0.717, 1.165) is 16.7 Å². The molecule has 4 N–H and O–H groups in total. The third-order valence-electron chi connectivity index (χ3n) is 7.45. The standard InChI is InChI=1S/C32H39N3O6/c1-22(24-7-4-3-5-8-24)35(2)20-28-19-29(25-13-11-23(21-36)12-14-25)41-32(40-28)26-15-17-27(18-16-26)33-30(37)9-6-10-31(38)34-39/h3-5,7-8,11-18,22,28-29,32,36,39H,6,9-10,19-21H2,1-2H3,(H,33,37)(H,34,38)/t22-,28+,29-,32-/m0/s1. The van der Waals surface area contributed by atoms with Crippen LogP contribution in [-0.4, -0.2) is 46.7 Å². The molecular weight excluding hydrogens is 522 g/mol. The predicted octanol–water partition coefficient (Wildman–Crippen LogP) is 5.03. The minimum atomic E-state index is -0.599. The molecule has 0 aromatic heterocycles. The van der Waals surface area contributed by atoms with Crippen molar-refractivity contribution in [2.24, 2.45) is 0 Å². The lowest BCUT2D eigenvalue weighted by atomic mass is 9.99. The van der Waals surface area contributed by atoms with Gasteiger partial charge >= 0.3 is 0 Å². The summed E-state index contributed by atoms with van der Waals surface area (Å²) in [5.74, 6) is -0.730. The molecule has 0 spiro atoms. The lowest BCUT2D eigenvalue weighted by molar-refractivity contribution is -0.253. The van der Waals surface area contributed by atoms with Crippen LogP contribution >= 0.6 is 0 Å². The number of nitrogens with zero attached hydrogens (tertiary/aromatic N) is 1. The highest BCUT2D eigenvalue weighted by molar-refractivity contribution is 5.91. The third kappa shape index (κ3) is 8.69. The Hall–Kier alpha value is -3.60. The Morgan fingerprint density at radius 2 is 1.59 bits per heavy atom. The number of aliphatic hydroxyl groups is 1. The molecule has 2 amide bonds. The van der Waals surface area contributed by atoms with Crippen molar-refractivity contribution in [1.29, 1.82) is 0 Å². The van der Waals surface area contributed by atoms with Crippen molar-refractivity contribution in [2.75, 3.05) is 18.9 Å². The Balaban J connectivity index is 1.45. The Morgan fingerprint density at radius 1 is 0.927 bits per heavy atom. The van der Waals surface area contributed by atoms with E-state index in [-0.39, 0.29) is 43.6 Å². The van der Waals surface area contributed by atoms with E-state index in [1.54, 1.807) is 17.6 Å². The molecule has 1 fully saturated rings. The molecule has 9 nitrogen and oxygen atoms in total. The van der Waals surface area contributed by atoms with Gasteiger partial charge in [0.25, 0.3) is 0 Å². The lowest BCUT2D eigenvalue weighted by Gasteiger charge is -2.39. The number of rotatable bonds is 12. The van der Waals surface area contributed by atoms with Gasteiger partial charge in [-0.2, -0.15) is 0 Å². The van der Waals surface area contributed by atoms with Gasteiger partial charge in [-0.3, -0.25) is 19.7 Å². The highest BCUT2D eigenvalue weighted by Gasteiger charge is 2.33. The molecule has 1 heterocycles. The molecular formula is C32H39N3O6. The van der Waals surface area contributed by atoms with Crippen LogP contribution in [0, 0.1) is 0 Å². The fourth-order valence-corrected chi connectivity index (χ4v) is 4.91. The molecule has 4 rings (SSSR count). The van der Waals surface area contributed by atoms with Gasteiger partial charge in [0, 0.05) is 43.1 Å². The van der Waals surface area contributed by atoms with Crippen LogP contribution in [0.25, 0.3) is 0 Å². The van der Waals surface area contributed by atoms with Crippen molar-refractivity contribution < 1.29 is 29.4 Å². The number of anilines is 1.